The van der Waals surface area contributed by atoms with Crippen molar-refractivity contribution < 1.29 is 38.3 Å². The smallest absolute Gasteiger partial charge is 0.459 e. The Morgan fingerprint density at radius 3 is 2.32 bits per heavy atom. The van der Waals surface area contributed by atoms with Gasteiger partial charge in [-0.05, 0) is 30.2 Å². The first-order valence-electron chi connectivity index (χ1n) is 11.2. The minimum atomic E-state index is -1.26. The second-order valence-corrected chi connectivity index (χ2v) is 9.46. The summed E-state index contributed by atoms with van der Waals surface area (Å²) in [5, 5.41) is 9.54. The number of hydrogen-bond acceptors (Lipinski definition) is 10. The first-order valence-corrected chi connectivity index (χ1v) is 12.0. The van der Waals surface area contributed by atoms with Gasteiger partial charge in [0.05, 0.1) is 4.92 Å². The predicted octanol–water partition coefficient (Wildman–Crippen LogP) is 3.36. The van der Waals surface area contributed by atoms with Crippen molar-refractivity contribution in [2.45, 2.75) is 37.7 Å². The molecule has 1 amide bonds. The zero-order valence-corrected chi connectivity index (χ0v) is 20.4. The van der Waals surface area contributed by atoms with Crippen LogP contribution < -0.4 is 0 Å². The number of nitrogens with zero attached hydrogens (tertiary/aromatic N) is 2. The molecule has 2 aromatic rings. The van der Waals surface area contributed by atoms with Crippen molar-refractivity contribution in [1.29, 1.82) is 0 Å². The van der Waals surface area contributed by atoms with E-state index in [4.69, 9.17) is 14.2 Å². The van der Waals surface area contributed by atoms with E-state index in [1.165, 1.54) is 36.1 Å². The number of esters is 1. The fourth-order valence-electron chi connectivity index (χ4n) is 3.99. The number of amides is 1. The van der Waals surface area contributed by atoms with Crippen molar-refractivity contribution in [3.8, 4) is 0 Å². The normalized spacial score (nSPS) is 21.4. The number of β-lactam (4-membered cyclic amide) rings is 1. The van der Waals surface area contributed by atoms with Gasteiger partial charge in [0.15, 0.2) is 6.04 Å². The number of rotatable bonds is 8. The molecule has 2 aliphatic heterocycles. The Bertz CT molecular complexity index is 1250. The summed E-state index contributed by atoms with van der Waals surface area (Å²) in [5.41, 5.74) is 1.10. The van der Waals surface area contributed by atoms with Crippen molar-refractivity contribution in [3.63, 3.8) is 0 Å². The fraction of sp³-hybridized carbons (Fsp3) is 0.280. The van der Waals surface area contributed by atoms with E-state index < -0.39 is 51.5 Å². The number of nitro groups is 1. The molecular weight excluding hydrogens is 504 g/mol. The number of ether oxygens (including phenoxy) is 3. The molecule has 0 N–H and O–H groups in total. The number of hydrogen-bond donors (Lipinski definition) is 0. The van der Waals surface area contributed by atoms with Crippen LogP contribution in [-0.4, -0.2) is 50.5 Å². The van der Waals surface area contributed by atoms with E-state index >= 15 is 0 Å². The molecule has 2 aromatic carbocycles. The Morgan fingerprint density at radius 2 is 1.68 bits per heavy atom. The molecule has 0 radical (unpaired) electrons. The van der Waals surface area contributed by atoms with Crippen LogP contribution in [0.2, 0.25) is 0 Å². The molecule has 2 aliphatic rings. The van der Waals surface area contributed by atoms with Crippen molar-refractivity contribution in [2.75, 3.05) is 0 Å². The second-order valence-electron chi connectivity index (χ2n) is 8.37. The van der Waals surface area contributed by atoms with Crippen LogP contribution in [0.15, 0.2) is 66.7 Å². The predicted molar refractivity (Wildman–Crippen MR) is 130 cm³/mol. The van der Waals surface area contributed by atoms with Crippen molar-refractivity contribution in [1.82, 2.24) is 4.90 Å². The maximum absolute atomic E-state index is 13.0. The standard InChI is InChI=1S/C25H22N2O9S/c1-14-20(23(29)34-12-16-6-4-3-5-7-16)26-21(28)19(22(26)37-24(14)30)15(2)36-25(31)35-13-17-8-10-18(11-9-17)27(32)33/h3-11,15,19-20,22H,1,12-13H2,2H3/t15-,19+,20?,22+/m1/s1. The fourth-order valence-corrected chi connectivity index (χ4v) is 5.30. The molecule has 2 heterocycles. The number of carbonyl (C=O) groups is 4. The van der Waals surface area contributed by atoms with Gasteiger partial charge in [-0.25, -0.2) is 9.59 Å². The number of fused-ring (bicyclic) bond motifs is 1. The van der Waals surface area contributed by atoms with E-state index in [0.29, 0.717) is 5.56 Å². The highest BCUT2D eigenvalue weighted by atomic mass is 32.2. The summed E-state index contributed by atoms with van der Waals surface area (Å²) in [6.07, 6.45) is -2.00. The minimum Gasteiger partial charge on any atom is -0.459 e. The maximum atomic E-state index is 13.0. The first kappa shape index (κ1) is 25.9. The summed E-state index contributed by atoms with van der Waals surface area (Å²) >= 11 is 0.833. The van der Waals surface area contributed by atoms with E-state index in [1.807, 2.05) is 6.07 Å². The largest absolute Gasteiger partial charge is 0.508 e. The molecule has 0 spiro atoms. The van der Waals surface area contributed by atoms with E-state index in [-0.39, 0.29) is 24.5 Å². The number of thioether (sulfide) groups is 1. The van der Waals surface area contributed by atoms with Gasteiger partial charge in [0.1, 0.15) is 30.6 Å². The second kappa shape index (κ2) is 10.8. The first-order chi connectivity index (χ1) is 17.7. The molecule has 0 aromatic heterocycles. The lowest BCUT2D eigenvalue weighted by Gasteiger charge is -2.53. The average molecular weight is 527 g/mol. The highest BCUT2D eigenvalue weighted by Gasteiger charge is 2.60. The topological polar surface area (TPSA) is 142 Å². The molecule has 4 atom stereocenters. The lowest BCUT2D eigenvalue weighted by Crippen LogP contribution is -2.70. The molecule has 4 rings (SSSR count). The van der Waals surface area contributed by atoms with Crippen molar-refractivity contribution in [2.24, 2.45) is 5.92 Å². The Kier molecular flexibility index (Phi) is 7.58. The summed E-state index contributed by atoms with van der Waals surface area (Å²) in [5.74, 6) is -2.13. The molecule has 0 bridgehead atoms. The van der Waals surface area contributed by atoms with Gasteiger partial charge in [-0.1, -0.05) is 48.7 Å². The molecule has 2 saturated heterocycles. The lowest BCUT2D eigenvalue weighted by atomic mass is 9.88. The molecule has 11 nitrogen and oxygen atoms in total. The Balaban J connectivity index is 1.34. The van der Waals surface area contributed by atoms with Crippen LogP contribution in [0.4, 0.5) is 10.5 Å². The molecule has 1 unspecified atom stereocenters. The van der Waals surface area contributed by atoms with E-state index in [2.05, 4.69) is 6.58 Å². The Labute approximate surface area is 215 Å². The van der Waals surface area contributed by atoms with Gasteiger partial charge in [-0.2, -0.15) is 0 Å². The summed E-state index contributed by atoms with van der Waals surface area (Å²) in [7, 11) is 0. The van der Waals surface area contributed by atoms with Crippen LogP contribution in [0.1, 0.15) is 18.1 Å². The average Bonchev–Trinajstić information content (AvgIpc) is 2.88. The third kappa shape index (κ3) is 5.48. The van der Waals surface area contributed by atoms with Crippen LogP contribution in [0.5, 0.6) is 0 Å². The van der Waals surface area contributed by atoms with Crippen LogP contribution >= 0.6 is 11.8 Å². The molecule has 2 fully saturated rings. The minimum absolute atomic E-state index is 0.0268. The van der Waals surface area contributed by atoms with Gasteiger partial charge in [0, 0.05) is 17.7 Å². The number of benzene rings is 2. The highest BCUT2D eigenvalue weighted by molar-refractivity contribution is 8.14. The quantitative estimate of drug-likeness (QED) is 0.165. The van der Waals surface area contributed by atoms with Gasteiger partial charge < -0.3 is 19.1 Å². The summed E-state index contributed by atoms with van der Waals surface area (Å²) in [6.45, 7) is 4.95. The molecule has 192 valence electrons. The van der Waals surface area contributed by atoms with E-state index in [1.54, 1.807) is 24.3 Å². The molecule has 37 heavy (non-hydrogen) atoms. The molecule has 0 saturated carbocycles. The van der Waals surface area contributed by atoms with Gasteiger partial charge in [0.2, 0.25) is 11.0 Å². The highest BCUT2D eigenvalue weighted by Crippen LogP contribution is 2.46. The van der Waals surface area contributed by atoms with E-state index in [0.717, 1.165) is 17.3 Å². The van der Waals surface area contributed by atoms with Crippen molar-refractivity contribution in [3.05, 3.63) is 88.0 Å². The van der Waals surface area contributed by atoms with Gasteiger partial charge >= 0.3 is 12.1 Å². The number of nitro benzene ring substituents is 1. The molecule has 12 heteroatoms. The Morgan fingerprint density at radius 1 is 1.05 bits per heavy atom. The van der Waals surface area contributed by atoms with E-state index in [9.17, 15) is 29.3 Å². The summed E-state index contributed by atoms with van der Waals surface area (Å²) in [6, 6.07) is 13.1. The van der Waals surface area contributed by atoms with Gasteiger partial charge in [-0.3, -0.25) is 19.7 Å². The van der Waals surface area contributed by atoms with Crippen LogP contribution in [0, 0.1) is 16.0 Å². The number of carbonyl (C=O) groups excluding carboxylic acids is 4. The SMILES string of the molecule is C=C1C(=O)S[C@H]2[C@@H]([C@@H](C)OC(=O)OCc3ccc([N+](=O)[O-])cc3)C(=O)N2C1C(=O)OCc1ccccc1. The summed E-state index contributed by atoms with van der Waals surface area (Å²) in [4.78, 5) is 61.9. The monoisotopic (exact) mass is 526 g/mol. The zero-order chi connectivity index (χ0) is 26.7. The van der Waals surface area contributed by atoms with Crippen LogP contribution in [0.25, 0.3) is 0 Å². The lowest BCUT2D eigenvalue weighted by molar-refractivity contribution is -0.384. The van der Waals surface area contributed by atoms with Crippen LogP contribution in [-0.2, 0) is 41.8 Å². The molecular formula is C25H22N2O9S. The Hall–Kier alpha value is -4.19. The van der Waals surface area contributed by atoms with Crippen LogP contribution in [0.3, 0.4) is 0 Å². The molecule has 0 aliphatic carbocycles. The van der Waals surface area contributed by atoms with Crippen molar-refractivity contribution >= 4 is 40.6 Å². The number of non-ortho nitro benzene ring substituents is 1. The summed E-state index contributed by atoms with van der Waals surface area (Å²) < 4.78 is 15.6. The van der Waals surface area contributed by atoms with Gasteiger partial charge in [0.25, 0.3) is 5.69 Å². The third-order valence-corrected chi connectivity index (χ3v) is 7.20. The zero-order valence-electron chi connectivity index (χ0n) is 19.6. The maximum Gasteiger partial charge on any atom is 0.508 e. The van der Waals surface area contributed by atoms with Gasteiger partial charge in [-0.15, -0.1) is 0 Å². The third-order valence-electron chi connectivity index (χ3n) is 5.96.